The number of aromatic nitrogens is 1. The molecule has 0 spiro atoms. The van der Waals surface area contributed by atoms with Crippen molar-refractivity contribution in [3.05, 3.63) is 54.0 Å². The fourth-order valence-corrected chi connectivity index (χ4v) is 1.76. The highest BCUT2D eigenvalue weighted by atomic mass is 19.1. The van der Waals surface area contributed by atoms with Crippen LogP contribution < -0.4 is 10.6 Å². The van der Waals surface area contributed by atoms with E-state index in [2.05, 4.69) is 15.6 Å². The van der Waals surface area contributed by atoms with E-state index in [1.54, 1.807) is 18.2 Å². The third-order valence-corrected chi connectivity index (χ3v) is 2.69. The molecule has 0 atom stereocenters. The third kappa shape index (κ3) is 3.54. The Morgan fingerprint density at radius 1 is 1.20 bits per heavy atom. The number of hydrogen-bond donors (Lipinski definition) is 2. The van der Waals surface area contributed by atoms with Gasteiger partial charge in [0.2, 0.25) is 5.95 Å². The van der Waals surface area contributed by atoms with Crippen LogP contribution in [0.4, 0.5) is 15.9 Å². The van der Waals surface area contributed by atoms with Crippen molar-refractivity contribution in [3.63, 3.8) is 0 Å². The van der Waals surface area contributed by atoms with Gasteiger partial charge in [0.25, 0.3) is 5.91 Å². The fraction of sp³-hybridized carbons (Fsp3) is 0.200. The van der Waals surface area contributed by atoms with Gasteiger partial charge in [0.05, 0.1) is 5.56 Å². The van der Waals surface area contributed by atoms with Crippen LogP contribution in [0, 0.1) is 5.95 Å². The van der Waals surface area contributed by atoms with E-state index in [0.29, 0.717) is 5.56 Å². The SMILES string of the molecule is CCCNc1ccccc1C(=O)Nc1cccc(F)n1. The van der Waals surface area contributed by atoms with E-state index in [1.807, 2.05) is 19.1 Å². The van der Waals surface area contributed by atoms with Gasteiger partial charge in [0.1, 0.15) is 5.82 Å². The first-order chi connectivity index (χ1) is 9.70. The molecule has 0 unspecified atom stereocenters. The lowest BCUT2D eigenvalue weighted by Gasteiger charge is -2.11. The Kier molecular flexibility index (Phi) is 4.65. The lowest BCUT2D eigenvalue weighted by Crippen LogP contribution is -2.16. The summed E-state index contributed by atoms with van der Waals surface area (Å²) in [6.07, 6.45) is 0.960. The van der Waals surface area contributed by atoms with Crippen molar-refractivity contribution < 1.29 is 9.18 Å². The molecule has 2 aromatic rings. The standard InChI is InChI=1S/C15H16FN3O/c1-2-10-17-12-7-4-3-6-11(12)15(20)19-14-9-5-8-13(16)18-14/h3-9,17H,2,10H2,1H3,(H,18,19,20). The monoisotopic (exact) mass is 273 g/mol. The smallest absolute Gasteiger partial charge is 0.258 e. The summed E-state index contributed by atoms with van der Waals surface area (Å²) in [5.41, 5.74) is 1.26. The molecule has 5 heteroatoms. The van der Waals surface area contributed by atoms with Gasteiger partial charge in [-0.15, -0.1) is 0 Å². The number of benzene rings is 1. The normalized spacial score (nSPS) is 10.1. The van der Waals surface area contributed by atoms with Gasteiger partial charge >= 0.3 is 0 Å². The Labute approximate surface area is 117 Å². The van der Waals surface area contributed by atoms with Crippen molar-refractivity contribution in [3.8, 4) is 0 Å². The second kappa shape index (κ2) is 6.65. The molecule has 1 aromatic heterocycles. The summed E-state index contributed by atoms with van der Waals surface area (Å²) in [5, 5.41) is 5.77. The number of hydrogen-bond acceptors (Lipinski definition) is 3. The van der Waals surface area contributed by atoms with Gasteiger partial charge in [0.15, 0.2) is 0 Å². The summed E-state index contributed by atoms with van der Waals surface area (Å²) < 4.78 is 13.0. The molecule has 0 saturated carbocycles. The van der Waals surface area contributed by atoms with Crippen molar-refractivity contribution >= 4 is 17.4 Å². The van der Waals surface area contributed by atoms with Crippen molar-refractivity contribution in [1.82, 2.24) is 4.98 Å². The predicted molar refractivity (Wildman–Crippen MR) is 77.4 cm³/mol. The van der Waals surface area contributed by atoms with Crippen LogP contribution >= 0.6 is 0 Å². The minimum absolute atomic E-state index is 0.195. The van der Waals surface area contributed by atoms with Crippen molar-refractivity contribution in [1.29, 1.82) is 0 Å². The second-order valence-corrected chi connectivity index (χ2v) is 4.27. The molecule has 0 aliphatic heterocycles. The number of carbonyl (C=O) groups excluding carboxylic acids is 1. The molecule has 1 amide bonds. The summed E-state index contributed by atoms with van der Waals surface area (Å²) in [6.45, 7) is 2.83. The minimum Gasteiger partial charge on any atom is -0.384 e. The maximum atomic E-state index is 13.0. The maximum absolute atomic E-state index is 13.0. The molecule has 104 valence electrons. The van der Waals surface area contributed by atoms with Gasteiger partial charge in [0, 0.05) is 12.2 Å². The molecule has 0 radical (unpaired) electrons. The predicted octanol–water partition coefficient (Wildman–Crippen LogP) is 3.29. The average Bonchev–Trinajstić information content (AvgIpc) is 2.45. The molecule has 0 aliphatic rings. The molecular formula is C15H16FN3O. The third-order valence-electron chi connectivity index (χ3n) is 2.69. The number of halogens is 1. The molecule has 0 bridgehead atoms. The van der Waals surface area contributed by atoms with E-state index in [4.69, 9.17) is 0 Å². The lowest BCUT2D eigenvalue weighted by molar-refractivity contribution is 0.102. The zero-order valence-electron chi connectivity index (χ0n) is 11.2. The largest absolute Gasteiger partial charge is 0.384 e. The van der Waals surface area contributed by atoms with Gasteiger partial charge in [-0.1, -0.05) is 25.1 Å². The fourth-order valence-electron chi connectivity index (χ4n) is 1.76. The number of nitrogens with zero attached hydrogens (tertiary/aromatic N) is 1. The summed E-state index contributed by atoms with van der Waals surface area (Å²) >= 11 is 0. The Morgan fingerprint density at radius 3 is 2.75 bits per heavy atom. The topological polar surface area (TPSA) is 54.0 Å². The molecule has 0 fully saturated rings. The zero-order valence-corrected chi connectivity index (χ0v) is 11.2. The molecule has 4 nitrogen and oxygen atoms in total. The van der Waals surface area contributed by atoms with E-state index in [9.17, 15) is 9.18 Å². The van der Waals surface area contributed by atoms with Crippen LogP contribution in [0.5, 0.6) is 0 Å². The van der Waals surface area contributed by atoms with Gasteiger partial charge < -0.3 is 10.6 Å². The van der Waals surface area contributed by atoms with Crippen molar-refractivity contribution in [2.24, 2.45) is 0 Å². The van der Waals surface area contributed by atoms with Crippen LogP contribution in [-0.4, -0.2) is 17.4 Å². The van der Waals surface area contributed by atoms with Gasteiger partial charge in [-0.05, 0) is 30.7 Å². The molecular weight excluding hydrogens is 257 g/mol. The van der Waals surface area contributed by atoms with Crippen LogP contribution in [-0.2, 0) is 0 Å². The van der Waals surface area contributed by atoms with Gasteiger partial charge in [-0.2, -0.15) is 4.39 Å². The van der Waals surface area contributed by atoms with E-state index >= 15 is 0 Å². The highest BCUT2D eigenvalue weighted by Crippen LogP contribution is 2.16. The number of rotatable bonds is 5. The number of anilines is 2. The van der Waals surface area contributed by atoms with Gasteiger partial charge in [-0.25, -0.2) is 4.98 Å². The molecule has 1 aromatic carbocycles. The Bertz CT molecular complexity index is 601. The van der Waals surface area contributed by atoms with Crippen LogP contribution in [0.3, 0.4) is 0 Å². The number of carbonyl (C=O) groups is 1. The van der Waals surface area contributed by atoms with E-state index in [0.717, 1.165) is 18.7 Å². The van der Waals surface area contributed by atoms with Crippen molar-refractivity contribution in [2.45, 2.75) is 13.3 Å². The highest BCUT2D eigenvalue weighted by Gasteiger charge is 2.11. The Morgan fingerprint density at radius 2 is 2.00 bits per heavy atom. The van der Waals surface area contributed by atoms with Crippen LogP contribution in [0.15, 0.2) is 42.5 Å². The van der Waals surface area contributed by atoms with Crippen LogP contribution in [0.25, 0.3) is 0 Å². The second-order valence-electron chi connectivity index (χ2n) is 4.27. The average molecular weight is 273 g/mol. The minimum atomic E-state index is -0.625. The van der Waals surface area contributed by atoms with E-state index in [1.165, 1.54) is 12.1 Å². The first kappa shape index (κ1) is 14.0. The number of amides is 1. The molecule has 1 heterocycles. The van der Waals surface area contributed by atoms with E-state index in [-0.39, 0.29) is 11.7 Å². The first-order valence-electron chi connectivity index (χ1n) is 6.47. The first-order valence-corrected chi connectivity index (χ1v) is 6.47. The molecule has 2 N–H and O–H groups in total. The Hall–Kier alpha value is -2.43. The number of nitrogens with one attached hydrogen (secondary N) is 2. The van der Waals surface area contributed by atoms with E-state index < -0.39 is 5.95 Å². The zero-order chi connectivity index (χ0) is 14.4. The van der Waals surface area contributed by atoms with Crippen molar-refractivity contribution in [2.75, 3.05) is 17.2 Å². The number of para-hydroxylation sites is 1. The summed E-state index contributed by atoms with van der Waals surface area (Å²) in [7, 11) is 0. The summed E-state index contributed by atoms with van der Waals surface area (Å²) in [6, 6.07) is 11.5. The highest BCUT2D eigenvalue weighted by molar-refractivity contribution is 6.07. The quantitative estimate of drug-likeness (QED) is 0.822. The molecule has 2 rings (SSSR count). The maximum Gasteiger partial charge on any atom is 0.258 e. The van der Waals surface area contributed by atoms with Gasteiger partial charge in [-0.3, -0.25) is 4.79 Å². The molecule has 0 saturated heterocycles. The summed E-state index contributed by atoms with van der Waals surface area (Å²) in [4.78, 5) is 15.8. The summed E-state index contributed by atoms with van der Waals surface area (Å²) in [5.74, 6) is -0.747. The lowest BCUT2D eigenvalue weighted by atomic mass is 10.1. The Balaban J connectivity index is 2.16. The number of pyridine rings is 1. The van der Waals surface area contributed by atoms with Crippen LogP contribution in [0.1, 0.15) is 23.7 Å². The molecule has 20 heavy (non-hydrogen) atoms. The molecule has 0 aliphatic carbocycles. The van der Waals surface area contributed by atoms with Crippen LogP contribution in [0.2, 0.25) is 0 Å².